The molecule has 0 aliphatic rings. The van der Waals surface area contributed by atoms with Gasteiger partial charge in [0, 0.05) is 17.6 Å². The average molecular weight is 464 g/mol. The summed E-state index contributed by atoms with van der Waals surface area (Å²) in [6, 6.07) is 12.1. The Bertz CT molecular complexity index is 1170. The molecular formula is C20H19Cl2N5O2S. The molecule has 0 unspecified atom stereocenters. The lowest BCUT2D eigenvalue weighted by molar-refractivity contribution is -0.116. The average Bonchev–Trinajstić information content (AvgIpc) is 2.97. The van der Waals surface area contributed by atoms with Crippen LogP contribution in [0.2, 0.25) is 10.0 Å². The molecule has 0 saturated heterocycles. The van der Waals surface area contributed by atoms with Crippen LogP contribution in [0.3, 0.4) is 0 Å². The Kier molecular flexibility index (Phi) is 6.91. The Morgan fingerprint density at radius 1 is 1.17 bits per heavy atom. The zero-order valence-corrected chi connectivity index (χ0v) is 18.6. The molecule has 3 rings (SSSR count). The Balaban J connectivity index is 1.68. The van der Waals surface area contributed by atoms with Crippen molar-refractivity contribution in [1.82, 2.24) is 19.7 Å². The molecule has 7 nitrogen and oxygen atoms in total. The summed E-state index contributed by atoms with van der Waals surface area (Å²) in [5, 5.41) is 10.7. The Hall–Kier alpha value is -2.68. The zero-order chi connectivity index (χ0) is 21.8. The summed E-state index contributed by atoms with van der Waals surface area (Å²) >= 11 is 17.4. The second kappa shape index (κ2) is 9.42. The highest BCUT2D eigenvalue weighted by atomic mass is 35.5. The summed E-state index contributed by atoms with van der Waals surface area (Å²) in [6.45, 7) is 1.93. The van der Waals surface area contributed by atoms with E-state index in [0.29, 0.717) is 31.9 Å². The maximum absolute atomic E-state index is 12.4. The summed E-state index contributed by atoms with van der Waals surface area (Å²) in [7, 11) is 1.73. The van der Waals surface area contributed by atoms with Crippen molar-refractivity contribution in [1.29, 1.82) is 0 Å². The smallest absolute Gasteiger partial charge is 0.251 e. The lowest BCUT2D eigenvalue weighted by Gasteiger charge is -2.07. The normalized spacial score (nSPS) is 10.7. The number of rotatable bonds is 6. The highest BCUT2D eigenvalue weighted by Crippen LogP contribution is 2.25. The van der Waals surface area contributed by atoms with E-state index in [-0.39, 0.29) is 24.9 Å². The first-order valence-electron chi connectivity index (χ1n) is 8.97. The number of carbonyl (C=O) groups is 2. The van der Waals surface area contributed by atoms with Crippen LogP contribution in [-0.2, 0) is 24.9 Å². The van der Waals surface area contributed by atoms with Crippen LogP contribution < -0.4 is 10.6 Å². The van der Waals surface area contributed by atoms with E-state index < -0.39 is 0 Å². The van der Waals surface area contributed by atoms with Crippen LogP contribution in [0.4, 0.5) is 5.69 Å². The first-order chi connectivity index (χ1) is 14.3. The first kappa shape index (κ1) is 22.0. The summed E-state index contributed by atoms with van der Waals surface area (Å²) < 4.78 is 3.38. The summed E-state index contributed by atoms with van der Waals surface area (Å²) in [5.74, 6) is -0.0405. The van der Waals surface area contributed by atoms with E-state index in [1.807, 2.05) is 25.1 Å². The van der Waals surface area contributed by atoms with Crippen LogP contribution in [-0.4, -0.2) is 26.2 Å². The molecule has 2 N–H and O–H groups in total. The van der Waals surface area contributed by atoms with E-state index in [4.69, 9.17) is 35.4 Å². The van der Waals surface area contributed by atoms with Gasteiger partial charge in [0.15, 0.2) is 10.6 Å². The fraction of sp³-hybridized carbons (Fsp3) is 0.200. The minimum Gasteiger partial charge on any atom is -0.345 e. The predicted molar refractivity (Wildman–Crippen MR) is 119 cm³/mol. The van der Waals surface area contributed by atoms with Crippen molar-refractivity contribution in [3.63, 3.8) is 0 Å². The van der Waals surface area contributed by atoms with Gasteiger partial charge in [-0.2, -0.15) is 5.10 Å². The topological polar surface area (TPSA) is 80.9 Å². The van der Waals surface area contributed by atoms with Crippen LogP contribution in [0, 0.1) is 11.7 Å². The van der Waals surface area contributed by atoms with Crippen molar-refractivity contribution in [3.05, 3.63) is 74.2 Å². The molecule has 156 valence electrons. The van der Waals surface area contributed by atoms with Gasteiger partial charge in [0.1, 0.15) is 6.54 Å². The summed E-state index contributed by atoms with van der Waals surface area (Å²) in [5.41, 5.74) is 1.88. The van der Waals surface area contributed by atoms with Crippen LogP contribution in [0.15, 0.2) is 42.5 Å². The highest BCUT2D eigenvalue weighted by molar-refractivity contribution is 7.71. The molecule has 0 atom stereocenters. The third-order valence-corrected chi connectivity index (χ3v) is 5.47. The quantitative estimate of drug-likeness (QED) is 0.538. The van der Waals surface area contributed by atoms with Gasteiger partial charge in [-0.25, -0.2) is 4.68 Å². The maximum Gasteiger partial charge on any atom is 0.251 e. The number of halogens is 2. The molecule has 0 spiro atoms. The predicted octanol–water partition coefficient (Wildman–Crippen LogP) is 4.14. The van der Waals surface area contributed by atoms with Gasteiger partial charge in [-0.05, 0) is 49.0 Å². The SMILES string of the molecule is Cc1ccccc1C(=O)NCc1nn(CC(=O)Nc2cc(Cl)ccc2Cl)c(=S)n1C. The number of hydrogen-bond acceptors (Lipinski definition) is 4. The minimum absolute atomic E-state index is 0.110. The first-order valence-corrected chi connectivity index (χ1v) is 10.1. The number of aromatic nitrogens is 3. The Morgan fingerprint density at radius 2 is 1.90 bits per heavy atom. The van der Waals surface area contributed by atoms with Gasteiger partial charge >= 0.3 is 0 Å². The van der Waals surface area contributed by atoms with Crippen LogP contribution >= 0.6 is 35.4 Å². The Labute approximate surface area is 188 Å². The number of benzene rings is 2. The fourth-order valence-electron chi connectivity index (χ4n) is 2.79. The number of carbonyl (C=O) groups excluding carboxylic acids is 2. The highest BCUT2D eigenvalue weighted by Gasteiger charge is 2.14. The molecule has 0 fully saturated rings. The molecule has 1 heterocycles. The van der Waals surface area contributed by atoms with Gasteiger partial charge in [0.05, 0.1) is 17.3 Å². The van der Waals surface area contributed by atoms with Gasteiger partial charge in [-0.1, -0.05) is 41.4 Å². The largest absolute Gasteiger partial charge is 0.345 e. The lowest BCUT2D eigenvalue weighted by atomic mass is 10.1. The van der Waals surface area contributed by atoms with Crippen LogP contribution in [0.25, 0.3) is 0 Å². The molecule has 10 heteroatoms. The molecular weight excluding hydrogens is 445 g/mol. The molecule has 2 amide bonds. The number of amides is 2. The maximum atomic E-state index is 12.4. The van der Waals surface area contributed by atoms with Crippen molar-refractivity contribution >= 4 is 52.9 Å². The van der Waals surface area contributed by atoms with Gasteiger partial charge in [0.2, 0.25) is 5.91 Å². The van der Waals surface area contributed by atoms with E-state index in [1.54, 1.807) is 35.9 Å². The Morgan fingerprint density at radius 3 is 2.63 bits per heavy atom. The number of hydrogen-bond donors (Lipinski definition) is 2. The molecule has 0 bridgehead atoms. The van der Waals surface area contributed by atoms with Gasteiger partial charge in [-0.3, -0.25) is 9.59 Å². The van der Waals surface area contributed by atoms with Crippen molar-refractivity contribution < 1.29 is 9.59 Å². The molecule has 2 aromatic carbocycles. The van der Waals surface area contributed by atoms with Gasteiger partial charge < -0.3 is 15.2 Å². The van der Waals surface area contributed by atoms with Crippen LogP contribution in [0.1, 0.15) is 21.7 Å². The summed E-state index contributed by atoms with van der Waals surface area (Å²) in [6.07, 6.45) is 0. The summed E-state index contributed by atoms with van der Waals surface area (Å²) in [4.78, 5) is 24.8. The van der Waals surface area contributed by atoms with Crippen molar-refractivity contribution in [2.24, 2.45) is 7.05 Å². The molecule has 3 aromatic rings. The monoisotopic (exact) mass is 463 g/mol. The minimum atomic E-state index is -0.358. The second-order valence-corrected chi connectivity index (χ2v) is 7.79. The fourth-order valence-corrected chi connectivity index (χ4v) is 3.34. The lowest BCUT2D eigenvalue weighted by Crippen LogP contribution is -2.25. The van der Waals surface area contributed by atoms with Crippen molar-refractivity contribution in [2.75, 3.05) is 5.32 Å². The third kappa shape index (κ3) is 5.08. The molecule has 0 radical (unpaired) electrons. The number of aryl methyl sites for hydroxylation is 1. The molecule has 0 aliphatic carbocycles. The van der Waals surface area contributed by atoms with E-state index in [1.165, 1.54) is 4.68 Å². The number of anilines is 1. The van der Waals surface area contributed by atoms with Crippen LogP contribution in [0.5, 0.6) is 0 Å². The number of nitrogens with one attached hydrogen (secondary N) is 2. The standard InChI is InChI=1S/C20H19Cl2N5O2S/c1-12-5-3-4-6-14(12)19(29)23-10-17-25-27(20(30)26(17)2)11-18(28)24-16-9-13(21)7-8-15(16)22/h3-9H,10-11H2,1-2H3,(H,23,29)(H,24,28). The van der Waals surface area contributed by atoms with Crippen molar-refractivity contribution in [2.45, 2.75) is 20.0 Å². The van der Waals surface area contributed by atoms with E-state index in [9.17, 15) is 9.59 Å². The van der Waals surface area contributed by atoms with Gasteiger partial charge in [-0.15, -0.1) is 0 Å². The molecule has 30 heavy (non-hydrogen) atoms. The molecule has 0 aliphatic heterocycles. The zero-order valence-electron chi connectivity index (χ0n) is 16.3. The third-order valence-electron chi connectivity index (χ3n) is 4.42. The van der Waals surface area contributed by atoms with E-state index in [2.05, 4.69) is 15.7 Å². The van der Waals surface area contributed by atoms with E-state index >= 15 is 0 Å². The van der Waals surface area contributed by atoms with Crippen molar-refractivity contribution in [3.8, 4) is 0 Å². The molecule has 0 saturated carbocycles. The van der Waals surface area contributed by atoms with Gasteiger partial charge in [0.25, 0.3) is 5.91 Å². The second-order valence-electron chi connectivity index (χ2n) is 6.59. The number of nitrogens with zero attached hydrogens (tertiary/aromatic N) is 3. The molecule has 1 aromatic heterocycles. The van der Waals surface area contributed by atoms with E-state index in [0.717, 1.165) is 5.56 Å².